The predicted molar refractivity (Wildman–Crippen MR) is 88.2 cm³/mol. The summed E-state index contributed by atoms with van der Waals surface area (Å²) in [5.74, 6) is 1.43. The fraction of sp³-hybridized carbons (Fsp3) is 0.688. The van der Waals surface area contributed by atoms with Gasteiger partial charge in [-0.25, -0.2) is 0 Å². The van der Waals surface area contributed by atoms with Crippen LogP contribution in [0.1, 0.15) is 25.1 Å². The number of likely N-dealkylation sites (tertiary alicyclic amines) is 1. The van der Waals surface area contributed by atoms with Crippen molar-refractivity contribution < 1.29 is 9.63 Å². The number of aryl methyl sites for hydroxylation is 1. The maximum Gasteiger partial charge on any atom is 0.226 e. The van der Waals surface area contributed by atoms with Gasteiger partial charge in [-0.05, 0) is 26.1 Å². The number of likely N-dealkylation sites (N-methyl/N-ethyl adjacent to an activating group) is 1. The van der Waals surface area contributed by atoms with Gasteiger partial charge in [0.05, 0.1) is 19.2 Å². The van der Waals surface area contributed by atoms with Crippen molar-refractivity contribution in [2.24, 2.45) is 0 Å². The highest BCUT2D eigenvalue weighted by molar-refractivity contribution is 4.89. The molecule has 0 spiro atoms. The van der Waals surface area contributed by atoms with Gasteiger partial charge in [-0.1, -0.05) is 12.1 Å². The highest BCUT2D eigenvalue weighted by atomic mass is 16.5. The molecule has 1 N–H and O–H groups in total. The van der Waals surface area contributed by atoms with Gasteiger partial charge < -0.3 is 9.63 Å². The van der Waals surface area contributed by atoms with E-state index in [1.54, 1.807) is 10.9 Å². The fourth-order valence-corrected chi connectivity index (χ4v) is 3.17. The molecule has 0 amide bonds. The Bertz CT molecular complexity index is 614. The molecular weight excluding hydrogens is 308 g/mol. The van der Waals surface area contributed by atoms with Crippen LogP contribution in [-0.2, 0) is 19.5 Å². The Kier molecular flexibility index (Phi) is 5.60. The topological polar surface area (TPSA) is 83.5 Å². The maximum absolute atomic E-state index is 10.2. The van der Waals surface area contributed by atoms with Crippen LogP contribution in [0.15, 0.2) is 23.0 Å². The number of aromatic nitrogens is 4. The van der Waals surface area contributed by atoms with E-state index in [0.29, 0.717) is 31.6 Å². The molecule has 1 fully saturated rings. The molecule has 2 aromatic rings. The van der Waals surface area contributed by atoms with Gasteiger partial charge >= 0.3 is 0 Å². The lowest BCUT2D eigenvalue weighted by Gasteiger charge is -2.24. The summed E-state index contributed by atoms with van der Waals surface area (Å²) < 4.78 is 6.93. The molecule has 8 heteroatoms. The number of aliphatic hydroxyl groups is 1. The quantitative estimate of drug-likeness (QED) is 0.748. The van der Waals surface area contributed by atoms with Gasteiger partial charge in [0, 0.05) is 37.9 Å². The lowest BCUT2D eigenvalue weighted by molar-refractivity contribution is 0.101. The van der Waals surface area contributed by atoms with Crippen LogP contribution in [0.4, 0.5) is 0 Å². The zero-order chi connectivity index (χ0) is 16.9. The van der Waals surface area contributed by atoms with E-state index in [-0.39, 0.29) is 0 Å². The standard InChI is InChI=1S/C16H26N6O2/c1-3-16-18-15(19-24-16)12-20(2)13-5-8-21(9-13)10-14(23)11-22-7-4-6-17-22/h4,6-7,13-14,23H,3,5,8-12H2,1-2H3. The van der Waals surface area contributed by atoms with Crippen LogP contribution in [0, 0.1) is 0 Å². The molecule has 1 aliphatic rings. The summed E-state index contributed by atoms with van der Waals surface area (Å²) in [6.45, 7) is 5.85. The van der Waals surface area contributed by atoms with Gasteiger partial charge in [0.2, 0.25) is 5.89 Å². The van der Waals surface area contributed by atoms with E-state index in [2.05, 4.69) is 32.1 Å². The summed E-state index contributed by atoms with van der Waals surface area (Å²) in [5.41, 5.74) is 0. The Morgan fingerprint density at radius 2 is 2.33 bits per heavy atom. The summed E-state index contributed by atoms with van der Waals surface area (Å²) >= 11 is 0. The average molecular weight is 334 g/mol. The Morgan fingerprint density at radius 1 is 1.46 bits per heavy atom. The third-order valence-electron chi connectivity index (χ3n) is 4.50. The van der Waals surface area contributed by atoms with Gasteiger partial charge in [-0.3, -0.25) is 14.5 Å². The van der Waals surface area contributed by atoms with Crippen LogP contribution in [0.25, 0.3) is 0 Å². The lowest BCUT2D eigenvalue weighted by Crippen LogP contribution is -2.37. The van der Waals surface area contributed by atoms with Crippen molar-refractivity contribution in [2.75, 3.05) is 26.7 Å². The van der Waals surface area contributed by atoms with E-state index >= 15 is 0 Å². The largest absolute Gasteiger partial charge is 0.390 e. The second-order valence-electron chi connectivity index (χ2n) is 6.46. The number of β-amino-alcohol motifs (C(OH)–C–C–N with tert-alkyl or cyclic N) is 1. The number of hydrogen-bond donors (Lipinski definition) is 1. The maximum atomic E-state index is 10.2. The number of hydrogen-bond acceptors (Lipinski definition) is 7. The van der Waals surface area contributed by atoms with Crippen LogP contribution in [0.3, 0.4) is 0 Å². The molecule has 0 bridgehead atoms. The van der Waals surface area contributed by atoms with Crippen molar-refractivity contribution in [3.8, 4) is 0 Å². The highest BCUT2D eigenvalue weighted by Crippen LogP contribution is 2.16. The Hall–Kier alpha value is -1.77. The van der Waals surface area contributed by atoms with Crippen LogP contribution in [0.2, 0.25) is 0 Å². The zero-order valence-corrected chi connectivity index (χ0v) is 14.4. The summed E-state index contributed by atoms with van der Waals surface area (Å²) in [4.78, 5) is 8.94. The van der Waals surface area contributed by atoms with Crippen molar-refractivity contribution in [1.29, 1.82) is 0 Å². The zero-order valence-electron chi connectivity index (χ0n) is 14.4. The molecule has 1 saturated heterocycles. The monoisotopic (exact) mass is 334 g/mol. The minimum absolute atomic E-state index is 0.404. The van der Waals surface area contributed by atoms with Gasteiger partial charge in [-0.15, -0.1) is 0 Å². The summed E-state index contributed by atoms with van der Waals surface area (Å²) in [7, 11) is 2.09. The van der Waals surface area contributed by atoms with Crippen molar-refractivity contribution in [2.45, 2.75) is 45.0 Å². The molecule has 2 atom stereocenters. The summed E-state index contributed by atoms with van der Waals surface area (Å²) in [5, 5.41) is 18.4. The molecule has 0 saturated carbocycles. The molecule has 2 unspecified atom stereocenters. The Labute approximate surface area is 142 Å². The first-order valence-corrected chi connectivity index (χ1v) is 8.53. The first-order valence-electron chi connectivity index (χ1n) is 8.53. The molecule has 8 nitrogen and oxygen atoms in total. The lowest BCUT2D eigenvalue weighted by atomic mass is 10.2. The van der Waals surface area contributed by atoms with Crippen LogP contribution in [-0.4, -0.2) is 73.7 Å². The molecular formula is C16H26N6O2. The average Bonchev–Trinajstić information content (AvgIpc) is 3.28. The molecule has 0 radical (unpaired) electrons. The van der Waals surface area contributed by atoms with Gasteiger partial charge in [0.1, 0.15) is 0 Å². The van der Waals surface area contributed by atoms with Crippen molar-refractivity contribution in [3.05, 3.63) is 30.2 Å². The normalized spacial score (nSPS) is 20.1. The predicted octanol–water partition coefficient (Wildman–Crippen LogP) is 0.396. The molecule has 24 heavy (non-hydrogen) atoms. The minimum Gasteiger partial charge on any atom is -0.390 e. The van der Waals surface area contributed by atoms with Crippen LogP contribution in [0.5, 0.6) is 0 Å². The third-order valence-corrected chi connectivity index (χ3v) is 4.50. The molecule has 0 aliphatic carbocycles. The summed E-state index contributed by atoms with van der Waals surface area (Å²) in [6, 6.07) is 2.32. The second kappa shape index (κ2) is 7.87. The fourth-order valence-electron chi connectivity index (χ4n) is 3.17. The third kappa shape index (κ3) is 4.40. The first kappa shape index (κ1) is 17.1. The van der Waals surface area contributed by atoms with E-state index in [1.807, 2.05) is 19.2 Å². The minimum atomic E-state index is -0.404. The first-order chi connectivity index (χ1) is 11.6. The smallest absolute Gasteiger partial charge is 0.226 e. The highest BCUT2D eigenvalue weighted by Gasteiger charge is 2.27. The van der Waals surface area contributed by atoms with Gasteiger partial charge in [-0.2, -0.15) is 10.1 Å². The van der Waals surface area contributed by atoms with E-state index in [9.17, 15) is 5.11 Å². The van der Waals surface area contributed by atoms with E-state index in [4.69, 9.17) is 4.52 Å². The molecule has 3 rings (SSSR count). The SMILES string of the molecule is CCc1nc(CN(C)C2CCN(CC(O)Cn3cccn3)C2)no1. The van der Waals surface area contributed by atoms with Crippen molar-refractivity contribution in [3.63, 3.8) is 0 Å². The molecule has 3 heterocycles. The molecule has 2 aromatic heterocycles. The van der Waals surface area contributed by atoms with Gasteiger partial charge in [0.25, 0.3) is 0 Å². The Morgan fingerprint density at radius 3 is 3.04 bits per heavy atom. The number of rotatable bonds is 8. The van der Waals surface area contributed by atoms with E-state index in [1.165, 1.54) is 0 Å². The number of aliphatic hydroxyl groups excluding tert-OH is 1. The number of nitrogens with zero attached hydrogens (tertiary/aromatic N) is 6. The molecule has 132 valence electrons. The van der Waals surface area contributed by atoms with Gasteiger partial charge in [0.15, 0.2) is 5.82 Å². The van der Waals surface area contributed by atoms with Crippen molar-refractivity contribution in [1.82, 2.24) is 29.7 Å². The van der Waals surface area contributed by atoms with Crippen molar-refractivity contribution >= 4 is 0 Å². The van der Waals surface area contributed by atoms with Crippen LogP contribution < -0.4 is 0 Å². The van der Waals surface area contributed by atoms with E-state index in [0.717, 1.165) is 31.8 Å². The second-order valence-corrected chi connectivity index (χ2v) is 6.46. The van der Waals surface area contributed by atoms with Crippen LogP contribution >= 0.6 is 0 Å². The van der Waals surface area contributed by atoms with E-state index < -0.39 is 6.10 Å². The molecule has 1 aliphatic heterocycles. The molecule has 0 aromatic carbocycles. The summed E-state index contributed by atoms with van der Waals surface area (Å²) in [6.07, 6.45) is 5.05. The Balaban J connectivity index is 1.44.